The van der Waals surface area contributed by atoms with Crippen LogP contribution in [0.2, 0.25) is 0 Å². The van der Waals surface area contributed by atoms with Crippen molar-refractivity contribution >= 4 is 34.6 Å². The van der Waals surface area contributed by atoms with E-state index in [4.69, 9.17) is 4.74 Å². The summed E-state index contributed by atoms with van der Waals surface area (Å²) in [6.45, 7) is 4.03. The van der Waals surface area contributed by atoms with E-state index < -0.39 is 0 Å². The number of para-hydroxylation sites is 1. The van der Waals surface area contributed by atoms with Gasteiger partial charge in [-0.25, -0.2) is 4.99 Å². The van der Waals surface area contributed by atoms with Crippen molar-refractivity contribution in [2.45, 2.75) is 13.8 Å². The molecular formula is C19H18N2O2S. The minimum atomic E-state index is -0.132. The molecule has 1 amide bonds. The number of nitrogens with one attached hydrogen (secondary N) is 1. The van der Waals surface area contributed by atoms with Crippen LogP contribution in [0.3, 0.4) is 0 Å². The van der Waals surface area contributed by atoms with Crippen molar-refractivity contribution in [2.24, 2.45) is 4.99 Å². The molecule has 0 radical (unpaired) electrons. The zero-order chi connectivity index (χ0) is 17.1. The lowest BCUT2D eigenvalue weighted by atomic mass is 10.1. The number of hydrogen-bond acceptors (Lipinski definition) is 4. The maximum absolute atomic E-state index is 12.2. The lowest BCUT2D eigenvalue weighted by Crippen LogP contribution is -2.19. The molecule has 0 bridgehead atoms. The van der Waals surface area contributed by atoms with Gasteiger partial charge in [0, 0.05) is 0 Å². The van der Waals surface area contributed by atoms with Gasteiger partial charge in [-0.3, -0.25) is 4.79 Å². The summed E-state index contributed by atoms with van der Waals surface area (Å²) in [5.41, 5.74) is 3.99. The number of amides is 1. The molecule has 5 heteroatoms. The highest BCUT2D eigenvalue weighted by Crippen LogP contribution is 2.31. The molecule has 0 aromatic heterocycles. The van der Waals surface area contributed by atoms with Gasteiger partial charge in [0.1, 0.15) is 5.75 Å². The first kappa shape index (κ1) is 16.3. The highest BCUT2D eigenvalue weighted by Gasteiger charge is 2.24. The predicted octanol–water partition coefficient (Wildman–Crippen LogP) is 4.20. The Bertz CT molecular complexity index is 836. The molecule has 1 aliphatic heterocycles. The summed E-state index contributed by atoms with van der Waals surface area (Å²) < 4.78 is 5.21. The third kappa shape index (κ3) is 3.51. The summed E-state index contributed by atoms with van der Waals surface area (Å²) in [7, 11) is 1.62. The van der Waals surface area contributed by atoms with E-state index in [9.17, 15) is 4.79 Å². The molecule has 1 fully saturated rings. The van der Waals surface area contributed by atoms with E-state index in [2.05, 4.69) is 10.3 Å². The van der Waals surface area contributed by atoms with Crippen LogP contribution in [0.5, 0.6) is 5.75 Å². The van der Waals surface area contributed by atoms with Gasteiger partial charge in [-0.2, -0.15) is 0 Å². The van der Waals surface area contributed by atoms with Gasteiger partial charge in [-0.1, -0.05) is 30.3 Å². The summed E-state index contributed by atoms with van der Waals surface area (Å²) >= 11 is 1.35. The number of aliphatic imine (C=N–C) groups is 1. The van der Waals surface area contributed by atoms with E-state index in [-0.39, 0.29) is 5.91 Å². The van der Waals surface area contributed by atoms with Crippen LogP contribution >= 0.6 is 11.8 Å². The Hall–Kier alpha value is -2.53. The minimum absolute atomic E-state index is 0.132. The van der Waals surface area contributed by atoms with Gasteiger partial charge in [-0.15, -0.1) is 0 Å². The van der Waals surface area contributed by atoms with Crippen molar-refractivity contribution in [1.82, 2.24) is 5.32 Å². The first-order valence-electron chi connectivity index (χ1n) is 7.56. The zero-order valence-corrected chi connectivity index (χ0v) is 14.6. The molecular weight excluding hydrogens is 320 g/mol. The monoisotopic (exact) mass is 338 g/mol. The van der Waals surface area contributed by atoms with E-state index >= 15 is 0 Å². The third-order valence-corrected chi connectivity index (χ3v) is 4.61. The van der Waals surface area contributed by atoms with Crippen LogP contribution in [-0.2, 0) is 4.79 Å². The van der Waals surface area contributed by atoms with Crippen molar-refractivity contribution in [2.75, 3.05) is 7.11 Å². The fraction of sp³-hybridized carbons (Fsp3) is 0.158. The normalized spacial score (nSPS) is 17.4. The van der Waals surface area contributed by atoms with Crippen molar-refractivity contribution in [3.05, 3.63) is 64.1 Å². The molecule has 0 aliphatic carbocycles. The van der Waals surface area contributed by atoms with Crippen molar-refractivity contribution < 1.29 is 9.53 Å². The molecule has 1 heterocycles. The van der Waals surface area contributed by atoms with Gasteiger partial charge in [0.15, 0.2) is 5.17 Å². The van der Waals surface area contributed by atoms with Gasteiger partial charge in [0.05, 0.1) is 17.7 Å². The van der Waals surface area contributed by atoms with Crippen LogP contribution < -0.4 is 10.1 Å². The molecule has 0 spiro atoms. The number of rotatable bonds is 3. The molecule has 3 rings (SSSR count). The van der Waals surface area contributed by atoms with Crippen LogP contribution in [0.25, 0.3) is 6.08 Å². The highest BCUT2D eigenvalue weighted by molar-refractivity contribution is 8.18. The Morgan fingerprint density at radius 3 is 2.54 bits per heavy atom. The van der Waals surface area contributed by atoms with Crippen LogP contribution in [0.15, 0.2) is 52.4 Å². The average Bonchev–Trinajstić information content (AvgIpc) is 2.91. The van der Waals surface area contributed by atoms with Gasteiger partial charge in [-0.05, 0) is 60.5 Å². The van der Waals surface area contributed by atoms with Gasteiger partial charge in [0.2, 0.25) is 0 Å². The third-order valence-electron chi connectivity index (χ3n) is 3.70. The summed E-state index contributed by atoms with van der Waals surface area (Å²) in [6, 6.07) is 13.6. The molecule has 0 atom stereocenters. The van der Waals surface area contributed by atoms with Crippen molar-refractivity contribution in [3.8, 4) is 5.75 Å². The fourth-order valence-electron chi connectivity index (χ4n) is 2.45. The Morgan fingerprint density at radius 1 is 1.12 bits per heavy atom. The van der Waals surface area contributed by atoms with E-state index in [0.717, 1.165) is 28.1 Å². The summed E-state index contributed by atoms with van der Waals surface area (Å²) in [5.74, 6) is 0.630. The molecule has 24 heavy (non-hydrogen) atoms. The zero-order valence-electron chi connectivity index (χ0n) is 13.8. The Kier molecular flexibility index (Phi) is 4.71. The smallest absolute Gasteiger partial charge is 0.264 e. The Labute approximate surface area is 145 Å². The van der Waals surface area contributed by atoms with Gasteiger partial charge < -0.3 is 10.1 Å². The summed E-state index contributed by atoms with van der Waals surface area (Å²) in [6.07, 6.45) is 1.84. The number of nitrogens with zero attached hydrogens (tertiary/aromatic N) is 1. The molecule has 1 saturated heterocycles. The molecule has 1 aliphatic rings. The number of ether oxygens (including phenoxy) is 1. The molecule has 2 aromatic rings. The maximum atomic E-state index is 12.2. The summed E-state index contributed by atoms with van der Waals surface area (Å²) in [4.78, 5) is 17.4. The van der Waals surface area contributed by atoms with Crippen LogP contribution in [-0.4, -0.2) is 18.2 Å². The lowest BCUT2D eigenvalue weighted by molar-refractivity contribution is -0.115. The molecule has 0 unspecified atom stereocenters. The number of carbonyl (C=O) groups excluding carboxylic acids is 1. The van der Waals surface area contributed by atoms with Crippen LogP contribution in [0.1, 0.15) is 16.7 Å². The van der Waals surface area contributed by atoms with E-state index in [1.54, 1.807) is 7.11 Å². The largest absolute Gasteiger partial charge is 0.497 e. The average molecular weight is 338 g/mol. The first-order valence-corrected chi connectivity index (χ1v) is 8.38. The molecule has 0 saturated carbocycles. The number of aryl methyl sites for hydroxylation is 2. The molecule has 122 valence electrons. The van der Waals surface area contributed by atoms with Gasteiger partial charge >= 0.3 is 0 Å². The minimum Gasteiger partial charge on any atom is -0.497 e. The molecule has 4 nitrogen and oxygen atoms in total. The standard InChI is InChI=1S/C19H18N2O2S/c1-12-6-4-7-13(2)17(12)20-19-21-18(22)16(24-19)11-14-8-5-9-15(10-14)23-3/h4-11H,1-3H3,(H,20,21,22)/b16-11-. The second-order valence-corrected chi connectivity index (χ2v) is 6.53. The number of amidine groups is 1. The number of thioether (sulfide) groups is 1. The predicted molar refractivity (Wildman–Crippen MR) is 99.7 cm³/mol. The van der Waals surface area contributed by atoms with Crippen LogP contribution in [0, 0.1) is 13.8 Å². The van der Waals surface area contributed by atoms with Crippen LogP contribution in [0.4, 0.5) is 5.69 Å². The number of methoxy groups -OCH3 is 1. The lowest BCUT2D eigenvalue weighted by Gasteiger charge is -2.04. The van der Waals surface area contributed by atoms with E-state index in [1.807, 2.05) is 62.4 Å². The highest BCUT2D eigenvalue weighted by atomic mass is 32.2. The second-order valence-electron chi connectivity index (χ2n) is 5.50. The Morgan fingerprint density at radius 2 is 1.83 bits per heavy atom. The molecule has 1 N–H and O–H groups in total. The van der Waals surface area contributed by atoms with Crippen molar-refractivity contribution in [3.63, 3.8) is 0 Å². The van der Waals surface area contributed by atoms with E-state index in [1.165, 1.54) is 11.8 Å². The first-order chi connectivity index (χ1) is 11.6. The number of hydrogen-bond donors (Lipinski definition) is 1. The summed E-state index contributed by atoms with van der Waals surface area (Å²) in [5, 5.41) is 3.43. The van der Waals surface area contributed by atoms with Gasteiger partial charge in [0.25, 0.3) is 5.91 Å². The molecule has 2 aromatic carbocycles. The maximum Gasteiger partial charge on any atom is 0.264 e. The topological polar surface area (TPSA) is 50.7 Å². The number of benzene rings is 2. The van der Waals surface area contributed by atoms with Crippen molar-refractivity contribution in [1.29, 1.82) is 0 Å². The fourth-order valence-corrected chi connectivity index (χ4v) is 3.27. The SMILES string of the molecule is COc1cccc(/C=C2\SC(=Nc3c(C)cccc3C)NC2=O)c1. The second kappa shape index (κ2) is 6.93. The Balaban J connectivity index is 1.88. The number of carbonyl (C=O) groups is 1. The van der Waals surface area contributed by atoms with E-state index in [0.29, 0.717) is 10.1 Å². The quantitative estimate of drug-likeness (QED) is 0.853.